The maximum atomic E-state index is 11.4. The first-order chi connectivity index (χ1) is 13.6. The minimum absolute atomic E-state index is 0.280. The molecule has 2 aromatic heterocycles. The maximum absolute atomic E-state index is 11.4. The molecule has 1 atom stereocenters. The molecule has 3 aliphatic rings. The number of fused-ring (bicyclic) bond motifs is 2. The quantitative estimate of drug-likeness (QED) is 0.763. The van der Waals surface area contributed by atoms with E-state index in [0.29, 0.717) is 32.2 Å². The average Bonchev–Trinajstić information content (AvgIpc) is 3.34. The van der Waals surface area contributed by atoms with Crippen molar-refractivity contribution in [3.8, 4) is 0 Å². The van der Waals surface area contributed by atoms with Crippen molar-refractivity contribution in [2.45, 2.75) is 6.54 Å². The van der Waals surface area contributed by atoms with Crippen molar-refractivity contribution >= 4 is 45.0 Å². The minimum atomic E-state index is -0.336. The van der Waals surface area contributed by atoms with Crippen LogP contribution in [0.25, 0.3) is 10.2 Å². The Hall–Kier alpha value is -2.10. The molecule has 10 heteroatoms. The van der Waals surface area contributed by atoms with Crippen LogP contribution in [0.5, 0.6) is 0 Å². The first kappa shape index (κ1) is 18.0. The van der Waals surface area contributed by atoms with E-state index < -0.39 is 0 Å². The number of nitrogens with two attached hydrogens (primary N) is 1. The second kappa shape index (κ2) is 7.06. The number of hydrogen-bond donors (Lipinski definition) is 1. The molecule has 2 N–H and O–H groups in total. The highest BCUT2D eigenvalue weighted by molar-refractivity contribution is 7.19. The van der Waals surface area contributed by atoms with E-state index in [2.05, 4.69) is 32.0 Å². The number of aromatic nitrogens is 2. The third-order valence-electron chi connectivity index (χ3n) is 5.50. The van der Waals surface area contributed by atoms with Crippen LogP contribution in [0.3, 0.4) is 0 Å². The smallest absolute Gasteiger partial charge is 0.315 e. The van der Waals surface area contributed by atoms with Crippen LogP contribution in [0.4, 0.5) is 10.6 Å². The number of urea groups is 1. The van der Waals surface area contributed by atoms with Gasteiger partial charge in [-0.15, -0.1) is 11.3 Å². The van der Waals surface area contributed by atoms with Gasteiger partial charge < -0.3 is 25.2 Å². The number of halogens is 1. The summed E-state index contributed by atoms with van der Waals surface area (Å²) in [6, 6.07) is 1.78. The summed E-state index contributed by atoms with van der Waals surface area (Å²) in [7, 11) is 0. The number of hydrogen-bond acceptors (Lipinski definition) is 7. The highest BCUT2D eigenvalue weighted by Gasteiger charge is 2.34. The van der Waals surface area contributed by atoms with Crippen LogP contribution in [-0.4, -0.2) is 71.7 Å². The number of ether oxygens (including phenoxy) is 1. The topological polar surface area (TPSA) is 87.8 Å². The molecule has 5 heterocycles. The Morgan fingerprint density at radius 3 is 2.89 bits per heavy atom. The lowest BCUT2D eigenvalue weighted by atomic mass is 10.1. The molecule has 148 valence electrons. The first-order valence-electron chi connectivity index (χ1n) is 9.34. The predicted octanol–water partition coefficient (Wildman–Crippen LogP) is 1.89. The predicted molar refractivity (Wildman–Crippen MR) is 109 cm³/mol. The number of morpholine rings is 1. The summed E-state index contributed by atoms with van der Waals surface area (Å²) in [5.41, 5.74) is 7.59. The Bertz CT molecular complexity index is 957. The molecule has 2 saturated heterocycles. The lowest BCUT2D eigenvalue weighted by molar-refractivity contribution is 0.122. The van der Waals surface area contributed by atoms with Crippen molar-refractivity contribution in [1.82, 2.24) is 19.8 Å². The molecule has 28 heavy (non-hydrogen) atoms. The van der Waals surface area contributed by atoms with E-state index in [-0.39, 0.29) is 11.3 Å². The highest BCUT2D eigenvalue weighted by Crippen LogP contribution is 2.36. The fourth-order valence-corrected chi connectivity index (χ4v) is 5.48. The van der Waals surface area contributed by atoms with Crippen molar-refractivity contribution in [3.63, 3.8) is 0 Å². The molecule has 0 aromatic carbocycles. The molecule has 8 nitrogen and oxygen atoms in total. The summed E-state index contributed by atoms with van der Waals surface area (Å²) in [4.78, 5) is 27.8. The molecule has 1 unspecified atom stereocenters. The molecule has 2 fully saturated rings. The molecule has 3 aliphatic heterocycles. The Morgan fingerprint density at radius 1 is 1.32 bits per heavy atom. The van der Waals surface area contributed by atoms with Gasteiger partial charge in [-0.1, -0.05) is 0 Å². The molecule has 0 aliphatic carbocycles. The number of carbonyl (C=O) groups excluding carboxylic acids is 1. The molecule has 2 amide bonds. The summed E-state index contributed by atoms with van der Waals surface area (Å²) in [5.74, 6) is 1.29. The van der Waals surface area contributed by atoms with Crippen molar-refractivity contribution in [3.05, 3.63) is 28.0 Å². The number of nitrogens with zero attached hydrogens (tertiary/aromatic N) is 5. The number of thiophene rings is 1. The van der Waals surface area contributed by atoms with Gasteiger partial charge in [-0.3, -0.25) is 0 Å². The lowest BCUT2D eigenvalue weighted by Crippen LogP contribution is -2.36. The normalized spacial score (nSPS) is 22.1. The molecular formula is C18H21ClN6O2S. The standard InChI is InChI=1S/C18H21ClN6O2S/c19-17-21-14-5-13(28-15(14)16(22-17)24-1-3-27-4-2-24)10-23-6-11-8-25(18(20)26)9-12(11)7-23/h5-6,12H,1-4,7-10H2,(H2,20,26). The Labute approximate surface area is 171 Å². The Morgan fingerprint density at radius 2 is 2.14 bits per heavy atom. The fourth-order valence-electron chi connectivity index (χ4n) is 4.17. The first-order valence-corrected chi connectivity index (χ1v) is 10.5. The number of primary amides is 1. The third kappa shape index (κ3) is 3.27. The molecule has 0 spiro atoms. The lowest BCUT2D eigenvalue weighted by Gasteiger charge is -2.28. The van der Waals surface area contributed by atoms with Crippen molar-refractivity contribution in [1.29, 1.82) is 0 Å². The van der Waals surface area contributed by atoms with Crippen molar-refractivity contribution in [2.24, 2.45) is 11.7 Å². The van der Waals surface area contributed by atoms with E-state index in [1.165, 1.54) is 10.5 Å². The molecule has 0 radical (unpaired) electrons. The van der Waals surface area contributed by atoms with Gasteiger partial charge >= 0.3 is 6.03 Å². The van der Waals surface area contributed by atoms with Gasteiger partial charge in [0, 0.05) is 49.7 Å². The van der Waals surface area contributed by atoms with Gasteiger partial charge in [0.15, 0.2) is 5.82 Å². The van der Waals surface area contributed by atoms with Gasteiger partial charge in [0.1, 0.15) is 0 Å². The Balaban J connectivity index is 1.37. The highest BCUT2D eigenvalue weighted by atomic mass is 35.5. The van der Waals surface area contributed by atoms with E-state index in [1.807, 2.05) is 0 Å². The van der Waals surface area contributed by atoms with Crippen molar-refractivity contribution in [2.75, 3.05) is 50.8 Å². The van der Waals surface area contributed by atoms with Gasteiger partial charge in [-0.25, -0.2) is 9.78 Å². The monoisotopic (exact) mass is 420 g/mol. The van der Waals surface area contributed by atoms with Crippen LogP contribution in [-0.2, 0) is 11.3 Å². The van der Waals surface area contributed by atoms with Crippen LogP contribution in [0.1, 0.15) is 4.88 Å². The second-order valence-corrected chi connectivity index (χ2v) is 8.87. The zero-order chi connectivity index (χ0) is 19.3. The Kier molecular flexibility index (Phi) is 4.53. The summed E-state index contributed by atoms with van der Waals surface area (Å²) < 4.78 is 6.53. The van der Waals surface area contributed by atoms with E-state index in [1.54, 1.807) is 16.2 Å². The fraction of sp³-hybridized carbons (Fsp3) is 0.500. The van der Waals surface area contributed by atoms with E-state index in [4.69, 9.17) is 22.1 Å². The molecule has 5 rings (SSSR count). The summed E-state index contributed by atoms with van der Waals surface area (Å²) >= 11 is 7.91. The van der Waals surface area contributed by atoms with Gasteiger partial charge in [0.05, 0.1) is 30.0 Å². The SMILES string of the molecule is NC(=O)N1CC2=CN(Cc3cc4nc(Cl)nc(N5CCOCC5)c4s3)CC2C1. The van der Waals surface area contributed by atoms with Crippen LogP contribution in [0.15, 0.2) is 17.8 Å². The number of likely N-dealkylation sites (tertiary alicyclic amines) is 1. The molecule has 0 saturated carbocycles. The van der Waals surface area contributed by atoms with Gasteiger partial charge in [0.2, 0.25) is 5.28 Å². The maximum Gasteiger partial charge on any atom is 0.315 e. The molecular weight excluding hydrogens is 400 g/mol. The summed E-state index contributed by atoms with van der Waals surface area (Å²) in [6.07, 6.45) is 2.18. The average molecular weight is 421 g/mol. The van der Waals surface area contributed by atoms with Gasteiger partial charge in [0.25, 0.3) is 0 Å². The number of amides is 2. The second-order valence-electron chi connectivity index (χ2n) is 7.39. The van der Waals surface area contributed by atoms with E-state index in [0.717, 1.165) is 42.2 Å². The van der Waals surface area contributed by atoms with Crippen LogP contribution < -0.4 is 10.6 Å². The number of anilines is 1. The zero-order valence-corrected chi connectivity index (χ0v) is 16.9. The van der Waals surface area contributed by atoms with E-state index >= 15 is 0 Å². The largest absolute Gasteiger partial charge is 0.378 e. The number of rotatable bonds is 3. The zero-order valence-electron chi connectivity index (χ0n) is 15.3. The molecule has 0 bridgehead atoms. The van der Waals surface area contributed by atoms with Crippen LogP contribution in [0.2, 0.25) is 5.28 Å². The summed E-state index contributed by atoms with van der Waals surface area (Å²) in [5, 5.41) is 0.280. The minimum Gasteiger partial charge on any atom is -0.378 e. The molecule has 2 aromatic rings. The van der Waals surface area contributed by atoms with Gasteiger partial charge in [-0.05, 0) is 23.2 Å². The number of carbonyl (C=O) groups is 1. The van der Waals surface area contributed by atoms with Crippen LogP contribution in [0, 0.1) is 5.92 Å². The van der Waals surface area contributed by atoms with E-state index in [9.17, 15) is 4.79 Å². The van der Waals surface area contributed by atoms with Gasteiger partial charge in [-0.2, -0.15) is 4.98 Å². The third-order valence-corrected chi connectivity index (χ3v) is 6.77. The van der Waals surface area contributed by atoms with Crippen LogP contribution >= 0.6 is 22.9 Å². The van der Waals surface area contributed by atoms with Crippen molar-refractivity contribution < 1.29 is 9.53 Å². The summed E-state index contributed by atoms with van der Waals surface area (Å²) in [6.45, 7) is 6.11.